The molecule has 1 unspecified atom stereocenters. The minimum absolute atomic E-state index is 0.198. The van der Waals surface area contributed by atoms with Crippen LogP contribution in [0.15, 0.2) is 0 Å². The summed E-state index contributed by atoms with van der Waals surface area (Å²) in [5, 5.41) is 0. The molecule has 0 aromatic carbocycles. The first-order valence-electron chi connectivity index (χ1n) is 6.79. The third-order valence-electron chi connectivity index (χ3n) is 3.72. The molecule has 0 saturated carbocycles. The standard InChI is InChI=1S/C14H16N2O3S/c1-3-19-13(18)9-5-4-6-11-12(9)16-10(7-17)8(2)15-14(16)20-11/h7,9H,3-6H2,1-2H3. The van der Waals surface area contributed by atoms with E-state index < -0.39 is 0 Å². The quantitative estimate of drug-likeness (QED) is 0.644. The maximum atomic E-state index is 12.2. The fraction of sp³-hybridized carbons (Fsp3) is 0.500. The minimum Gasteiger partial charge on any atom is -0.465 e. The Morgan fingerprint density at radius 2 is 2.40 bits per heavy atom. The SMILES string of the molecule is CCOC(=O)C1CCCc2sc3nc(C)c(C=O)n3c21. The third-order valence-corrected chi connectivity index (χ3v) is 4.83. The van der Waals surface area contributed by atoms with E-state index in [2.05, 4.69) is 4.98 Å². The van der Waals surface area contributed by atoms with Gasteiger partial charge in [0.15, 0.2) is 11.2 Å². The predicted octanol–water partition coefficient (Wildman–Crippen LogP) is 2.50. The normalized spacial score (nSPS) is 18.0. The molecular formula is C14H16N2O3S. The van der Waals surface area contributed by atoms with Crippen LogP contribution in [0.1, 0.15) is 52.4 Å². The Morgan fingerprint density at radius 1 is 1.60 bits per heavy atom. The molecule has 2 aromatic rings. The van der Waals surface area contributed by atoms with Gasteiger partial charge in [0.05, 0.1) is 23.9 Å². The van der Waals surface area contributed by atoms with Gasteiger partial charge in [-0.05, 0) is 33.1 Å². The molecule has 5 nitrogen and oxygen atoms in total. The second-order valence-electron chi connectivity index (χ2n) is 4.93. The van der Waals surface area contributed by atoms with Gasteiger partial charge in [0.2, 0.25) is 0 Å². The number of carbonyl (C=O) groups is 2. The summed E-state index contributed by atoms with van der Waals surface area (Å²) < 4.78 is 7.03. The molecule has 0 aliphatic heterocycles. The lowest BCUT2D eigenvalue weighted by molar-refractivity contribution is -0.145. The topological polar surface area (TPSA) is 60.7 Å². The van der Waals surface area contributed by atoms with Crippen molar-refractivity contribution in [1.29, 1.82) is 0 Å². The van der Waals surface area contributed by atoms with Crippen molar-refractivity contribution in [3.05, 3.63) is 22.0 Å². The lowest BCUT2D eigenvalue weighted by Gasteiger charge is -2.21. The number of fused-ring (bicyclic) bond motifs is 3. The Morgan fingerprint density at radius 3 is 3.10 bits per heavy atom. The van der Waals surface area contributed by atoms with E-state index in [1.165, 1.54) is 0 Å². The zero-order valence-corrected chi connectivity index (χ0v) is 12.3. The zero-order valence-electron chi connectivity index (χ0n) is 11.5. The maximum Gasteiger partial charge on any atom is 0.314 e. The van der Waals surface area contributed by atoms with Gasteiger partial charge >= 0.3 is 5.97 Å². The van der Waals surface area contributed by atoms with Crippen LogP contribution in [0.5, 0.6) is 0 Å². The minimum atomic E-state index is -0.278. The number of esters is 1. The number of carbonyl (C=O) groups excluding carboxylic acids is 2. The first-order valence-corrected chi connectivity index (χ1v) is 7.61. The van der Waals surface area contributed by atoms with Gasteiger partial charge in [0.25, 0.3) is 0 Å². The van der Waals surface area contributed by atoms with Gasteiger partial charge in [-0.2, -0.15) is 0 Å². The van der Waals surface area contributed by atoms with E-state index in [9.17, 15) is 9.59 Å². The predicted molar refractivity (Wildman–Crippen MR) is 75.5 cm³/mol. The molecule has 6 heteroatoms. The van der Waals surface area contributed by atoms with Crippen molar-refractivity contribution < 1.29 is 14.3 Å². The highest BCUT2D eigenvalue weighted by atomic mass is 32.1. The van der Waals surface area contributed by atoms with E-state index >= 15 is 0 Å². The third kappa shape index (κ3) is 1.86. The van der Waals surface area contributed by atoms with Gasteiger partial charge in [0, 0.05) is 4.88 Å². The van der Waals surface area contributed by atoms with E-state index in [1.54, 1.807) is 11.3 Å². The van der Waals surface area contributed by atoms with E-state index in [4.69, 9.17) is 4.74 Å². The van der Waals surface area contributed by atoms with Crippen LogP contribution < -0.4 is 0 Å². The van der Waals surface area contributed by atoms with Gasteiger partial charge in [0.1, 0.15) is 5.69 Å². The molecule has 0 radical (unpaired) electrons. The van der Waals surface area contributed by atoms with Crippen molar-refractivity contribution in [3.63, 3.8) is 0 Å². The Hall–Kier alpha value is -1.69. The van der Waals surface area contributed by atoms with E-state index in [1.807, 2.05) is 18.2 Å². The van der Waals surface area contributed by atoms with Crippen LogP contribution in [-0.4, -0.2) is 28.2 Å². The van der Waals surface area contributed by atoms with Gasteiger partial charge in [-0.15, -0.1) is 11.3 Å². The highest BCUT2D eigenvalue weighted by Gasteiger charge is 2.33. The van der Waals surface area contributed by atoms with Crippen LogP contribution in [-0.2, 0) is 16.0 Å². The molecule has 0 spiro atoms. The summed E-state index contributed by atoms with van der Waals surface area (Å²) in [6, 6.07) is 0. The van der Waals surface area contributed by atoms with E-state index in [0.717, 1.165) is 41.1 Å². The van der Waals surface area contributed by atoms with Gasteiger partial charge < -0.3 is 4.74 Å². The molecule has 0 saturated heterocycles. The highest BCUT2D eigenvalue weighted by Crippen LogP contribution is 2.38. The van der Waals surface area contributed by atoms with Crippen LogP contribution in [0.25, 0.3) is 4.96 Å². The molecule has 0 amide bonds. The number of rotatable bonds is 3. The average molecular weight is 292 g/mol. The van der Waals surface area contributed by atoms with Crippen LogP contribution >= 0.6 is 11.3 Å². The average Bonchev–Trinajstić information content (AvgIpc) is 2.92. The van der Waals surface area contributed by atoms with Crippen LogP contribution in [0.2, 0.25) is 0 Å². The number of thiazole rings is 1. The number of aldehydes is 1. The van der Waals surface area contributed by atoms with E-state index in [-0.39, 0.29) is 11.9 Å². The Labute approximate surface area is 120 Å². The molecule has 0 bridgehead atoms. The first kappa shape index (κ1) is 13.3. The van der Waals surface area contributed by atoms with Crippen molar-refractivity contribution in [3.8, 4) is 0 Å². The summed E-state index contributed by atoms with van der Waals surface area (Å²) in [7, 11) is 0. The van der Waals surface area contributed by atoms with Crippen molar-refractivity contribution >= 4 is 28.6 Å². The summed E-state index contributed by atoms with van der Waals surface area (Å²) in [5.74, 6) is -0.476. The Balaban J connectivity index is 2.19. The summed E-state index contributed by atoms with van der Waals surface area (Å²) in [6.07, 6.45) is 3.50. The monoisotopic (exact) mass is 292 g/mol. The number of aromatic nitrogens is 2. The van der Waals surface area contributed by atoms with Crippen LogP contribution in [0, 0.1) is 6.92 Å². The summed E-state index contributed by atoms with van der Waals surface area (Å²) in [6.45, 7) is 4.00. The summed E-state index contributed by atoms with van der Waals surface area (Å²) in [5.41, 5.74) is 2.17. The van der Waals surface area contributed by atoms with Crippen molar-refractivity contribution in [1.82, 2.24) is 9.38 Å². The molecule has 2 aromatic heterocycles. The fourth-order valence-corrected chi connectivity index (χ4v) is 4.12. The van der Waals surface area contributed by atoms with Gasteiger partial charge in [-0.3, -0.25) is 14.0 Å². The second kappa shape index (κ2) is 5.01. The molecule has 0 fully saturated rings. The number of hydrogen-bond acceptors (Lipinski definition) is 5. The number of nitrogens with zero attached hydrogens (tertiary/aromatic N) is 2. The molecular weight excluding hydrogens is 276 g/mol. The molecule has 1 aliphatic carbocycles. The molecule has 20 heavy (non-hydrogen) atoms. The number of imidazole rings is 1. The fourth-order valence-electron chi connectivity index (χ4n) is 2.85. The van der Waals surface area contributed by atoms with Crippen molar-refractivity contribution in [2.75, 3.05) is 6.61 Å². The largest absolute Gasteiger partial charge is 0.465 e. The molecule has 3 rings (SSSR count). The highest BCUT2D eigenvalue weighted by molar-refractivity contribution is 7.17. The summed E-state index contributed by atoms with van der Waals surface area (Å²) >= 11 is 1.57. The molecule has 1 atom stereocenters. The van der Waals surface area contributed by atoms with Crippen LogP contribution in [0.3, 0.4) is 0 Å². The van der Waals surface area contributed by atoms with E-state index in [0.29, 0.717) is 18.0 Å². The molecule has 2 heterocycles. The van der Waals surface area contributed by atoms with Gasteiger partial charge in [-0.1, -0.05) is 0 Å². The molecule has 106 valence electrons. The first-order chi connectivity index (χ1) is 9.67. The second-order valence-corrected chi connectivity index (χ2v) is 5.99. The molecule has 1 aliphatic rings. The van der Waals surface area contributed by atoms with Crippen molar-refractivity contribution in [2.45, 2.75) is 39.0 Å². The zero-order chi connectivity index (χ0) is 14.3. The van der Waals surface area contributed by atoms with Gasteiger partial charge in [-0.25, -0.2) is 4.98 Å². The molecule has 0 N–H and O–H groups in total. The Kier molecular flexibility index (Phi) is 3.33. The maximum absolute atomic E-state index is 12.2. The Bertz CT molecular complexity index is 686. The number of aryl methyl sites for hydroxylation is 2. The smallest absolute Gasteiger partial charge is 0.314 e. The lowest BCUT2D eigenvalue weighted by atomic mass is 9.91. The summed E-state index contributed by atoms with van der Waals surface area (Å²) in [4.78, 5) is 29.9. The lowest BCUT2D eigenvalue weighted by Crippen LogP contribution is -2.22. The number of hydrogen-bond donors (Lipinski definition) is 0. The van der Waals surface area contributed by atoms with Crippen LogP contribution in [0.4, 0.5) is 0 Å². The van der Waals surface area contributed by atoms with Crippen molar-refractivity contribution in [2.24, 2.45) is 0 Å². The number of ether oxygens (including phenoxy) is 1.